The van der Waals surface area contributed by atoms with Crippen molar-refractivity contribution in [2.45, 2.75) is 38.7 Å². The molecule has 1 atom stereocenters. The number of rotatable bonds is 6. The minimum absolute atomic E-state index is 0.248. The van der Waals surface area contributed by atoms with Gasteiger partial charge in [0.1, 0.15) is 5.00 Å². The summed E-state index contributed by atoms with van der Waals surface area (Å²) in [7, 11) is 0. The summed E-state index contributed by atoms with van der Waals surface area (Å²) in [6.07, 6.45) is 4.19. The van der Waals surface area contributed by atoms with Gasteiger partial charge in [-0.2, -0.15) is 0 Å². The quantitative estimate of drug-likeness (QED) is 0.272. The minimum atomic E-state index is -1.11. The Bertz CT molecular complexity index is 1390. The maximum Gasteiger partial charge on any atom is 0.342 e. The number of H-pyrrole nitrogens is 1. The molecule has 0 radical (unpaired) electrons. The minimum Gasteiger partial charge on any atom is -0.445 e. The number of para-hydroxylation sites is 1. The van der Waals surface area contributed by atoms with E-state index in [0.717, 1.165) is 47.0 Å². The summed E-state index contributed by atoms with van der Waals surface area (Å²) in [5, 5.41) is 4.06. The van der Waals surface area contributed by atoms with E-state index in [4.69, 9.17) is 4.74 Å². The normalized spacial score (nSPS) is 13.8. The number of nitrogens with one attached hydrogen (secondary N) is 2. The predicted octanol–water partition coefficient (Wildman–Crippen LogP) is 5.85. The summed E-state index contributed by atoms with van der Waals surface area (Å²) in [6, 6.07) is 16.6. The SMILES string of the molecule is CC(=O)Nc1sc2c(c1C(=O)OC(C(=O)c1c[nH]c3ccccc13)c1ccccc1)CCCC2. The molecule has 172 valence electrons. The molecule has 2 aromatic carbocycles. The Morgan fingerprint density at radius 3 is 2.53 bits per heavy atom. The number of amides is 1. The molecule has 2 N–H and O–H groups in total. The zero-order chi connectivity index (χ0) is 23.7. The summed E-state index contributed by atoms with van der Waals surface area (Å²) < 4.78 is 5.96. The fourth-order valence-corrected chi connectivity index (χ4v) is 5.84. The molecule has 1 amide bonds. The first-order valence-corrected chi connectivity index (χ1v) is 12.1. The van der Waals surface area contributed by atoms with Crippen LogP contribution in [0.25, 0.3) is 10.9 Å². The number of anilines is 1. The number of Topliss-reactive ketones (excluding diaryl/α,β-unsaturated/α-hetero) is 1. The lowest BCUT2D eigenvalue weighted by molar-refractivity contribution is -0.114. The molecular formula is C27H24N2O4S. The van der Waals surface area contributed by atoms with Gasteiger partial charge in [-0.3, -0.25) is 9.59 Å². The van der Waals surface area contributed by atoms with Crippen molar-refractivity contribution in [2.24, 2.45) is 0 Å². The van der Waals surface area contributed by atoms with E-state index in [1.807, 2.05) is 42.5 Å². The number of hydrogen-bond donors (Lipinski definition) is 2. The third kappa shape index (κ3) is 4.15. The van der Waals surface area contributed by atoms with Gasteiger partial charge in [0.2, 0.25) is 11.7 Å². The third-order valence-corrected chi connectivity index (χ3v) is 7.29. The highest BCUT2D eigenvalue weighted by molar-refractivity contribution is 7.17. The number of aromatic amines is 1. The molecule has 0 spiro atoms. The van der Waals surface area contributed by atoms with Crippen LogP contribution >= 0.6 is 11.3 Å². The Hall–Kier alpha value is -3.71. The van der Waals surface area contributed by atoms with Crippen molar-refractivity contribution in [1.29, 1.82) is 0 Å². The van der Waals surface area contributed by atoms with E-state index in [2.05, 4.69) is 10.3 Å². The highest BCUT2D eigenvalue weighted by atomic mass is 32.1. The fraction of sp³-hybridized carbons (Fsp3) is 0.222. The number of ketones is 1. The number of thiophene rings is 1. The lowest BCUT2D eigenvalue weighted by atomic mass is 9.95. The number of hydrogen-bond acceptors (Lipinski definition) is 5. The van der Waals surface area contributed by atoms with Crippen molar-refractivity contribution in [3.63, 3.8) is 0 Å². The van der Waals surface area contributed by atoms with Crippen molar-refractivity contribution in [1.82, 2.24) is 4.98 Å². The second-order valence-electron chi connectivity index (χ2n) is 8.40. The van der Waals surface area contributed by atoms with Crippen molar-refractivity contribution in [3.05, 3.63) is 87.9 Å². The van der Waals surface area contributed by atoms with Crippen LogP contribution in [-0.2, 0) is 22.4 Å². The summed E-state index contributed by atoms with van der Waals surface area (Å²) in [4.78, 5) is 43.3. The molecule has 2 aromatic heterocycles. The molecule has 5 rings (SSSR count). The molecule has 0 saturated carbocycles. The Morgan fingerprint density at radius 2 is 1.74 bits per heavy atom. The Kier molecular flexibility index (Phi) is 6.02. The molecular weight excluding hydrogens is 448 g/mol. The van der Waals surface area contributed by atoms with Crippen LogP contribution in [0.1, 0.15) is 62.6 Å². The summed E-state index contributed by atoms with van der Waals surface area (Å²) in [5.41, 5.74) is 3.20. The Labute approximate surface area is 201 Å². The highest BCUT2D eigenvalue weighted by Crippen LogP contribution is 2.39. The van der Waals surface area contributed by atoms with Gasteiger partial charge in [0.05, 0.1) is 5.56 Å². The van der Waals surface area contributed by atoms with E-state index in [1.54, 1.807) is 18.3 Å². The van der Waals surface area contributed by atoms with Gasteiger partial charge < -0.3 is 15.0 Å². The van der Waals surface area contributed by atoms with Gasteiger partial charge in [-0.25, -0.2) is 4.79 Å². The summed E-state index contributed by atoms with van der Waals surface area (Å²) in [6.45, 7) is 1.42. The second-order valence-corrected chi connectivity index (χ2v) is 9.51. The largest absolute Gasteiger partial charge is 0.445 e. The van der Waals surface area contributed by atoms with Gasteiger partial charge in [-0.05, 0) is 37.3 Å². The zero-order valence-electron chi connectivity index (χ0n) is 18.7. The average Bonchev–Trinajstić information content (AvgIpc) is 3.43. The van der Waals surface area contributed by atoms with Gasteiger partial charge in [-0.1, -0.05) is 48.5 Å². The molecule has 2 heterocycles. The van der Waals surface area contributed by atoms with Crippen LogP contribution in [0.15, 0.2) is 60.8 Å². The van der Waals surface area contributed by atoms with Crippen molar-refractivity contribution >= 4 is 44.9 Å². The van der Waals surface area contributed by atoms with Crippen LogP contribution in [0, 0.1) is 0 Å². The molecule has 4 aromatic rings. The fourth-order valence-electron chi connectivity index (χ4n) is 4.51. The third-order valence-electron chi connectivity index (χ3n) is 6.09. The number of carbonyl (C=O) groups excluding carboxylic acids is 3. The van der Waals surface area contributed by atoms with Crippen molar-refractivity contribution < 1.29 is 19.1 Å². The molecule has 34 heavy (non-hydrogen) atoms. The Morgan fingerprint density at radius 1 is 1.00 bits per heavy atom. The monoisotopic (exact) mass is 472 g/mol. The van der Waals surface area contributed by atoms with Crippen LogP contribution in [0.4, 0.5) is 5.00 Å². The van der Waals surface area contributed by atoms with E-state index in [9.17, 15) is 14.4 Å². The Balaban J connectivity index is 1.54. The van der Waals surface area contributed by atoms with Crippen LogP contribution in [0.3, 0.4) is 0 Å². The highest BCUT2D eigenvalue weighted by Gasteiger charge is 2.32. The van der Waals surface area contributed by atoms with Gasteiger partial charge in [0.25, 0.3) is 0 Å². The first-order chi connectivity index (χ1) is 16.5. The lowest BCUT2D eigenvalue weighted by Crippen LogP contribution is -2.22. The van der Waals surface area contributed by atoms with Crippen molar-refractivity contribution in [2.75, 3.05) is 5.32 Å². The van der Waals surface area contributed by atoms with Crippen LogP contribution in [-0.4, -0.2) is 22.6 Å². The number of fused-ring (bicyclic) bond motifs is 2. The molecule has 0 fully saturated rings. The molecule has 0 saturated heterocycles. The van der Waals surface area contributed by atoms with Gasteiger partial charge in [0.15, 0.2) is 6.10 Å². The van der Waals surface area contributed by atoms with Gasteiger partial charge in [-0.15, -0.1) is 11.3 Å². The van der Waals surface area contributed by atoms with Crippen molar-refractivity contribution in [3.8, 4) is 0 Å². The topological polar surface area (TPSA) is 88.3 Å². The van der Waals surface area contributed by atoms with E-state index in [1.165, 1.54) is 18.3 Å². The molecule has 6 nitrogen and oxygen atoms in total. The summed E-state index contributed by atoms with van der Waals surface area (Å²) >= 11 is 1.43. The van der Waals surface area contributed by atoms with Gasteiger partial charge in [0, 0.05) is 40.0 Å². The van der Waals surface area contributed by atoms with Crippen LogP contribution < -0.4 is 5.32 Å². The number of esters is 1. The molecule has 1 unspecified atom stereocenters. The maximum absolute atomic E-state index is 13.7. The average molecular weight is 473 g/mol. The first-order valence-electron chi connectivity index (χ1n) is 11.3. The van der Waals surface area contributed by atoms with Crippen LogP contribution in [0.2, 0.25) is 0 Å². The predicted molar refractivity (Wildman–Crippen MR) is 132 cm³/mol. The number of aryl methyl sites for hydroxylation is 1. The maximum atomic E-state index is 13.7. The number of ether oxygens (including phenoxy) is 1. The molecule has 1 aliphatic carbocycles. The molecule has 0 aliphatic heterocycles. The first kappa shape index (κ1) is 22.1. The molecule has 7 heteroatoms. The number of aromatic nitrogens is 1. The standard InChI is InChI=1S/C27H24N2O4S/c1-16(30)29-26-23(19-12-6-8-14-22(19)34-26)27(32)33-25(17-9-3-2-4-10-17)24(31)20-15-28-21-13-7-5-11-18(20)21/h2-5,7,9-11,13,15,25,28H,6,8,12,14H2,1H3,(H,29,30). The molecule has 1 aliphatic rings. The van der Waals surface area contributed by atoms with Gasteiger partial charge >= 0.3 is 5.97 Å². The number of benzene rings is 2. The second kappa shape index (κ2) is 9.27. The lowest BCUT2D eigenvalue weighted by Gasteiger charge is -2.19. The summed E-state index contributed by atoms with van der Waals surface area (Å²) in [5.74, 6) is -1.14. The molecule has 0 bridgehead atoms. The van der Waals surface area contributed by atoms with E-state index >= 15 is 0 Å². The van der Waals surface area contributed by atoms with E-state index < -0.39 is 12.1 Å². The number of carbonyl (C=O) groups is 3. The smallest absolute Gasteiger partial charge is 0.342 e. The van der Waals surface area contributed by atoms with E-state index in [0.29, 0.717) is 21.7 Å². The van der Waals surface area contributed by atoms with Crippen LogP contribution in [0.5, 0.6) is 0 Å². The van der Waals surface area contributed by atoms with E-state index in [-0.39, 0.29) is 11.7 Å². The zero-order valence-corrected chi connectivity index (χ0v) is 19.5.